The maximum atomic E-state index is 11.9. The van der Waals surface area contributed by atoms with Gasteiger partial charge in [-0.1, -0.05) is 23.2 Å². The van der Waals surface area contributed by atoms with Gasteiger partial charge in [0.15, 0.2) is 0 Å². The molecule has 0 aliphatic carbocycles. The van der Waals surface area contributed by atoms with E-state index in [1.165, 1.54) is 7.11 Å². The van der Waals surface area contributed by atoms with Crippen molar-refractivity contribution in [2.45, 2.75) is 0 Å². The van der Waals surface area contributed by atoms with Crippen molar-refractivity contribution < 1.29 is 14.3 Å². The molecule has 0 spiro atoms. The van der Waals surface area contributed by atoms with Crippen molar-refractivity contribution >= 4 is 46.5 Å². The predicted octanol–water partition coefficient (Wildman–Crippen LogP) is 3.83. The number of carbonyl (C=O) groups excluding carboxylic acids is 2. The first-order valence-corrected chi connectivity index (χ1v) is 7.42. The third-order valence-electron chi connectivity index (χ3n) is 2.91. The van der Waals surface area contributed by atoms with E-state index in [4.69, 9.17) is 23.2 Å². The number of esters is 1. The molecule has 0 aromatic heterocycles. The van der Waals surface area contributed by atoms with Crippen molar-refractivity contribution in [2.24, 2.45) is 0 Å². The van der Waals surface area contributed by atoms with E-state index in [0.717, 1.165) is 0 Å². The first kappa shape index (κ1) is 17.1. The Morgan fingerprint density at radius 1 is 1.00 bits per heavy atom. The molecule has 0 fully saturated rings. The molecule has 2 aromatic carbocycles. The van der Waals surface area contributed by atoms with Crippen LogP contribution < -0.4 is 10.6 Å². The molecule has 2 N–H and O–H groups in total. The first-order valence-electron chi connectivity index (χ1n) is 6.66. The molecule has 0 atom stereocenters. The molecular formula is C16H14Cl2N2O3. The highest BCUT2D eigenvalue weighted by atomic mass is 35.5. The highest BCUT2D eigenvalue weighted by Crippen LogP contribution is 2.22. The topological polar surface area (TPSA) is 67.4 Å². The molecule has 23 heavy (non-hydrogen) atoms. The van der Waals surface area contributed by atoms with Crippen LogP contribution in [0.25, 0.3) is 0 Å². The van der Waals surface area contributed by atoms with Crippen LogP contribution in [0, 0.1) is 0 Å². The lowest BCUT2D eigenvalue weighted by molar-refractivity contribution is -0.114. The Bertz CT molecular complexity index is 698. The summed E-state index contributed by atoms with van der Waals surface area (Å²) in [5.41, 5.74) is 1.67. The van der Waals surface area contributed by atoms with Crippen molar-refractivity contribution in [1.29, 1.82) is 0 Å². The van der Waals surface area contributed by atoms with Crippen molar-refractivity contribution in [2.75, 3.05) is 24.3 Å². The summed E-state index contributed by atoms with van der Waals surface area (Å²) in [5, 5.41) is 6.52. The van der Waals surface area contributed by atoms with Gasteiger partial charge in [0.1, 0.15) is 0 Å². The minimum absolute atomic E-state index is 0.0572. The van der Waals surface area contributed by atoms with Gasteiger partial charge in [-0.3, -0.25) is 4.79 Å². The number of carbonyl (C=O) groups is 2. The molecule has 0 saturated carbocycles. The average molecular weight is 353 g/mol. The Hall–Kier alpha value is -2.24. The van der Waals surface area contributed by atoms with Crippen LogP contribution in [0.3, 0.4) is 0 Å². The quantitative estimate of drug-likeness (QED) is 0.802. The number of methoxy groups -OCH3 is 1. The number of ether oxygens (including phenoxy) is 1. The van der Waals surface area contributed by atoms with Gasteiger partial charge >= 0.3 is 5.97 Å². The monoisotopic (exact) mass is 352 g/mol. The fraction of sp³-hybridized carbons (Fsp3) is 0.125. The van der Waals surface area contributed by atoms with Crippen LogP contribution in [0.1, 0.15) is 10.4 Å². The van der Waals surface area contributed by atoms with Crippen molar-refractivity contribution in [3.8, 4) is 0 Å². The number of benzene rings is 2. The third kappa shape index (κ3) is 5.16. The SMILES string of the molecule is COC(=O)c1ccc(NCC(=O)Nc2cc(Cl)cc(Cl)c2)cc1. The van der Waals surface area contributed by atoms with Crippen LogP contribution in [-0.4, -0.2) is 25.5 Å². The molecule has 2 aromatic rings. The maximum absolute atomic E-state index is 11.9. The standard InChI is InChI=1S/C16H14Cl2N2O3/c1-23-16(22)10-2-4-13(5-3-10)19-9-15(21)20-14-7-11(17)6-12(18)8-14/h2-8,19H,9H2,1H3,(H,20,21). The molecular weight excluding hydrogens is 339 g/mol. The largest absolute Gasteiger partial charge is 0.465 e. The molecule has 5 nitrogen and oxygen atoms in total. The number of anilines is 2. The van der Waals surface area contributed by atoms with Crippen molar-refractivity contribution in [3.63, 3.8) is 0 Å². The van der Waals surface area contributed by atoms with Crippen LogP contribution in [0.15, 0.2) is 42.5 Å². The number of rotatable bonds is 5. The van der Waals surface area contributed by atoms with Gasteiger partial charge in [0.25, 0.3) is 0 Å². The van der Waals surface area contributed by atoms with Gasteiger partial charge in [-0.25, -0.2) is 4.79 Å². The molecule has 2 rings (SSSR count). The van der Waals surface area contributed by atoms with E-state index < -0.39 is 5.97 Å². The molecule has 120 valence electrons. The highest BCUT2D eigenvalue weighted by molar-refractivity contribution is 6.35. The number of hydrogen-bond donors (Lipinski definition) is 2. The number of amides is 1. The summed E-state index contributed by atoms with van der Waals surface area (Å²) in [4.78, 5) is 23.2. The van der Waals surface area contributed by atoms with Gasteiger partial charge in [-0.05, 0) is 42.5 Å². The van der Waals surface area contributed by atoms with E-state index in [0.29, 0.717) is 27.0 Å². The molecule has 0 unspecified atom stereocenters. The van der Waals surface area contributed by atoms with E-state index in [9.17, 15) is 9.59 Å². The van der Waals surface area contributed by atoms with Gasteiger partial charge in [-0.15, -0.1) is 0 Å². The minimum Gasteiger partial charge on any atom is -0.465 e. The summed E-state index contributed by atoms with van der Waals surface area (Å²) in [6.45, 7) is 0.0572. The normalized spacial score (nSPS) is 10.0. The Balaban J connectivity index is 1.90. The second kappa shape index (κ2) is 7.85. The summed E-state index contributed by atoms with van der Waals surface area (Å²) >= 11 is 11.7. The van der Waals surface area contributed by atoms with Crippen LogP contribution in [0.5, 0.6) is 0 Å². The summed E-state index contributed by atoms with van der Waals surface area (Å²) in [6.07, 6.45) is 0. The lowest BCUT2D eigenvalue weighted by Gasteiger charge is -2.09. The van der Waals surface area contributed by atoms with Gasteiger partial charge < -0.3 is 15.4 Å². The highest BCUT2D eigenvalue weighted by Gasteiger charge is 2.06. The zero-order chi connectivity index (χ0) is 16.8. The molecule has 0 heterocycles. The Kier molecular flexibility index (Phi) is 5.84. The minimum atomic E-state index is -0.410. The number of halogens is 2. The van der Waals surface area contributed by atoms with Crippen LogP contribution in [0.2, 0.25) is 10.0 Å². The molecule has 0 bridgehead atoms. The Morgan fingerprint density at radius 3 is 2.17 bits per heavy atom. The number of nitrogens with one attached hydrogen (secondary N) is 2. The lowest BCUT2D eigenvalue weighted by Crippen LogP contribution is -2.21. The summed E-state index contributed by atoms with van der Waals surface area (Å²) in [6, 6.07) is 11.4. The molecule has 1 amide bonds. The van der Waals surface area contributed by atoms with Crippen LogP contribution in [-0.2, 0) is 9.53 Å². The van der Waals surface area contributed by atoms with Gasteiger partial charge in [0.2, 0.25) is 5.91 Å². The summed E-state index contributed by atoms with van der Waals surface area (Å²) in [5.74, 6) is -0.660. The van der Waals surface area contributed by atoms with E-state index in [2.05, 4.69) is 15.4 Å². The van der Waals surface area contributed by atoms with Gasteiger partial charge in [0, 0.05) is 21.4 Å². The smallest absolute Gasteiger partial charge is 0.337 e. The third-order valence-corrected chi connectivity index (χ3v) is 3.34. The van der Waals surface area contributed by atoms with E-state index in [-0.39, 0.29) is 12.5 Å². The van der Waals surface area contributed by atoms with E-state index >= 15 is 0 Å². The molecule has 0 aliphatic rings. The molecule has 7 heteroatoms. The fourth-order valence-corrected chi connectivity index (χ4v) is 2.38. The van der Waals surface area contributed by atoms with Crippen molar-refractivity contribution in [1.82, 2.24) is 0 Å². The molecule has 0 aliphatic heterocycles. The molecule has 0 saturated heterocycles. The predicted molar refractivity (Wildman–Crippen MR) is 91.4 cm³/mol. The van der Waals surface area contributed by atoms with Gasteiger partial charge in [-0.2, -0.15) is 0 Å². The van der Waals surface area contributed by atoms with Gasteiger partial charge in [0.05, 0.1) is 19.2 Å². The average Bonchev–Trinajstić information content (AvgIpc) is 2.51. The second-order valence-corrected chi connectivity index (χ2v) is 5.50. The van der Waals surface area contributed by atoms with E-state index in [1.54, 1.807) is 42.5 Å². The van der Waals surface area contributed by atoms with E-state index in [1.807, 2.05) is 0 Å². The Morgan fingerprint density at radius 2 is 1.61 bits per heavy atom. The Labute approximate surface area is 143 Å². The zero-order valence-corrected chi connectivity index (χ0v) is 13.7. The lowest BCUT2D eigenvalue weighted by atomic mass is 10.2. The fourth-order valence-electron chi connectivity index (χ4n) is 1.86. The van der Waals surface area contributed by atoms with Crippen LogP contribution >= 0.6 is 23.2 Å². The zero-order valence-electron chi connectivity index (χ0n) is 12.2. The summed E-state index contributed by atoms with van der Waals surface area (Å²) in [7, 11) is 1.32. The maximum Gasteiger partial charge on any atom is 0.337 e. The first-order chi connectivity index (χ1) is 11.0. The van der Waals surface area contributed by atoms with Crippen molar-refractivity contribution in [3.05, 3.63) is 58.1 Å². The van der Waals surface area contributed by atoms with Crippen LogP contribution in [0.4, 0.5) is 11.4 Å². The number of hydrogen-bond acceptors (Lipinski definition) is 4. The summed E-state index contributed by atoms with van der Waals surface area (Å²) < 4.78 is 4.61. The second-order valence-electron chi connectivity index (χ2n) is 4.63. The molecule has 0 radical (unpaired) electrons.